The molecule has 0 unspecified atom stereocenters. The molecular formula is C21H22N4O3S2. The summed E-state index contributed by atoms with van der Waals surface area (Å²) in [4.78, 5) is 13.1. The van der Waals surface area contributed by atoms with E-state index in [2.05, 4.69) is 5.32 Å². The van der Waals surface area contributed by atoms with Gasteiger partial charge in [0.05, 0.1) is 16.3 Å². The lowest BCUT2D eigenvalue weighted by atomic mass is 10.2. The Balaban J connectivity index is 1.66. The largest absolute Gasteiger partial charge is 0.306 e. The van der Waals surface area contributed by atoms with Gasteiger partial charge in [-0.2, -0.15) is 16.9 Å². The van der Waals surface area contributed by atoms with Gasteiger partial charge in [0.15, 0.2) is 0 Å². The first-order valence-corrected chi connectivity index (χ1v) is 12.0. The van der Waals surface area contributed by atoms with Crippen molar-refractivity contribution < 1.29 is 13.2 Å². The van der Waals surface area contributed by atoms with Crippen molar-refractivity contribution in [1.82, 2.24) is 14.1 Å². The van der Waals surface area contributed by atoms with Crippen LogP contribution in [0.2, 0.25) is 0 Å². The van der Waals surface area contributed by atoms with Gasteiger partial charge in [-0.1, -0.05) is 12.1 Å². The van der Waals surface area contributed by atoms with Crippen molar-refractivity contribution in [2.45, 2.75) is 23.3 Å². The summed E-state index contributed by atoms with van der Waals surface area (Å²) < 4.78 is 27.4. The van der Waals surface area contributed by atoms with E-state index < -0.39 is 10.0 Å². The van der Waals surface area contributed by atoms with Crippen molar-refractivity contribution in [3.63, 3.8) is 0 Å². The minimum Gasteiger partial charge on any atom is -0.306 e. The van der Waals surface area contributed by atoms with E-state index in [1.807, 2.05) is 31.2 Å². The second kappa shape index (κ2) is 7.90. The number of sulfonamides is 1. The van der Waals surface area contributed by atoms with Crippen LogP contribution in [0.3, 0.4) is 0 Å². The topological polar surface area (TPSA) is 84.3 Å². The quantitative estimate of drug-likeness (QED) is 0.654. The third-order valence-electron chi connectivity index (χ3n) is 4.93. The van der Waals surface area contributed by atoms with Crippen LogP contribution in [0.5, 0.6) is 0 Å². The van der Waals surface area contributed by atoms with Gasteiger partial charge in [-0.15, -0.1) is 0 Å². The van der Waals surface area contributed by atoms with Crippen LogP contribution in [0.25, 0.3) is 5.69 Å². The number of carbonyl (C=O) groups is 1. The lowest BCUT2D eigenvalue weighted by Gasteiger charge is -2.13. The average molecular weight is 443 g/mol. The fourth-order valence-electron chi connectivity index (χ4n) is 3.26. The monoisotopic (exact) mass is 442 g/mol. The number of aromatic nitrogens is 2. The predicted octanol–water partition coefficient (Wildman–Crippen LogP) is 3.43. The molecule has 0 spiro atoms. The molecule has 0 bridgehead atoms. The van der Waals surface area contributed by atoms with Crippen molar-refractivity contribution in [3.05, 3.63) is 70.9 Å². The third-order valence-corrected chi connectivity index (χ3v) is 7.72. The van der Waals surface area contributed by atoms with Gasteiger partial charge in [0, 0.05) is 36.7 Å². The van der Waals surface area contributed by atoms with Gasteiger partial charge in [0.1, 0.15) is 5.82 Å². The highest BCUT2D eigenvalue weighted by atomic mass is 32.2. The maximum absolute atomic E-state index is 12.9. The second-order valence-electron chi connectivity index (χ2n) is 7.28. The van der Waals surface area contributed by atoms with E-state index >= 15 is 0 Å². The van der Waals surface area contributed by atoms with Gasteiger partial charge < -0.3 is 5.32 Å². The summed E-state index contributed by atoms with van der Waals surface area (Å²) in [6.07, 6.45) is 0. The molecule has 156 valence electrons. The minimum atomic E-state index is -3.54. The molecule has 2 aromatic carbocycles. The van der Waals surface area contributed by atoms with E-state index in [0.29, 0.717) is 11.4 Å². The number of nitrogens with one attached hydrogen (secondary N) is 1. The van der Waals surface area contributed by atoms with Crippen LogP contribution < -0.4 is 5.32 Å². The number of rotatable bonds is 5. The smallest absolute Gasteiger partial charge is 0.256 e. The summed E-state index contributed by atoms with van der Waals surface area (Å²) in [6, 6.07) is 13.9. The Morgan fingerprint density at radius 1 is 1.13 bits per heavy atom. The van der Waals surface area contributed by atoms with Crippen molar-refractivity contribution in [2.75, 3.05) is 19.4 Å². The highest BCUT2D eigenvalue weighted by molar-refractivity contribution is 7.98. The molecule has 2 heterocycles. The van der Waals surface area contributed by atoms with Crippen LogP contribution in [-0.4, -0.2) is 42.5 Å². The fraction of sp³-hybridized carbons (Fsp3) is 0.238. The molecule has 0 aliphatic carbocycles. The highest BCUT2D eigenvalue weighted by Gasteiger charge is 2.25. The molecule has 1 N–H and O–H groups in total. The molecule has 0 radical (unpaired) electrons. The van der Waals surface area contributed by atoms with E-state index in [4.69, 9.17) is 5.10 Å². The molecule has 1 aliphatic rings. The molecule has 4 rings (SSSR count). The Kier molecular flexibility index (Phi) is 5.44. The molecule has 0 fully saturated rings. The summed E-state index contributed by atoms with van der Waals surface area (Å²) in [7, 11) is -0.593. The number of benzene rings is 2. The molecule has 1 aliphatic heterocycles. The number of amides is 1. The number of carbonyl (C=O) groups excluding carboxylic acids is 1. The van der Waals surface area contributed by atoms with Gasteiger partial charge in [-0.3, -0.25) is 4.79 Å². The standard InChI is InChI=1S/C21H22N4O3S2/c1-14-5-4-6-16(11-14)25-20(18-12-29-13-19(18)23-25)22-21(26)15-7-9-17(10-8-15)30(27,28)24(2)3/h4-11H,12-13H2,1-3H3,(H,22,26). The molecule has 1 aromatic heterocycles. The van der Waals surface area contributed by atoms with Crippen molar-refractivity contribution in [3.8, 4) is 5.69 Å². The van der Waals surface area contributed by atoms with Crippen LogP contribution in [0.15, 0.2) is 53.4 Å². The summed E-state index contributed by atoms with van der Waals surface area (Å²) in [6.45, 7) is 2.01. The fourth-order valence-corrected chi connectivity index (χ4v) is 5.19. The summed E-state index contributed by atoms with van der Waals surface area (Å²) in [5.41, 5.74) is 4.37. The molecule has 1 amide bonds. The Morgan fingerprint density at radius 3 is 2.53 bits per heavy atom. The van der Waals surface area contributed by atoms with Crippen LogP contribution in [0, 0.1) is 6.92 Å². The second-order valence-corrected chi connectivity index (χ2v) is 10.4. The first kappa shape index (κ1) is 20.6. The summed E-state index contributed by atoms with van der Waals surface area (Å²) >= 11 is 1.76. The van der Waals surface area contributed by atoms with Crippen molar-refractivity contribution >= 4 is 33.5 Å². The average Bonchev–Trinajstić information content (AvgIpc) is 3.30. The van der Waals surface area contributed by atoms with E-state index in [1.165, 1.54) is 38.4 Å². The predicted molar refractivity (Wildman–Crippen MR) is 119 cm³/mol. The lowest BCUT2D eigenvalue weighted by Crippen LogP contribution is -2.22. The number of fused-ring (bicyclic) bond motifs is 1. The van der Waals surface area contributed by atoms with Gasteiger partial charge in [0.2, 0.25) is 10.0 Å². The minimum absolute atomic E-state index is 0.145. The van der Waals surface area contributed by atoms with Crippen LogP contribution in [0.4, 0.5) is 5.82 Å². The van der Waals surface area contributed by atoms with Gasteiger partial charge in [0.25, 0.3) is 5.91 Å². The van der Waals surface area contributed by atoms with E-state index in [-0.39, 0.29) is 10.8 Å². The molecular weight excluding hydrogens is 420 g/mol. The Hall–Kier alpha value is -2.62. The zero-order valence-electron chi connectivity index (χ0n) is 16.9. The van der Waals surface area contributed by atoms with Gasteiger partial charge in [-0.05, 0) is 48.9 Å². The van der Waals surface area contributed by atoms with Crippen LogP contribution in [-0.2, 0) is 21.5 Å². The van der Waals surface area contributed by atoms with Crippen molar-refractivity contribution in [1.29, 1.82) is 0 Å². The van der Waals surface area contributed by atoms with Gasteiger partial charge in [-0.25, -0.2) is 17.4 Å². The number of anilines is 1. The molecule has 3 aromatic rings. The summed E-state index contributed by atoms with van der Waals surface area (Å²) in [5.74, 6) is 1.96. The van der Waals surface area contributed by atoms with Gasteiger partial charge >= 0.3 is 0 Å². The SMILES string of the molecule is Cc1cccc(-n2nc3c(c2NC(=O)c2ccc(S(=O)(=O)N(C)C)cc2)CSC3)c1. The Bertz CT molecular complexity index is 1220. The van der Waals surface area contributed by atoms with Crippen molar-refractivity contribution in [2.24, 2.45) is 0 Å². The zero-order valence-corrected chi connectivity index (χ0v) is 18.5. The van der Waals surface area contributed by atoms with Crippen LogP contribution >= 0.6 is 11.8 Å². The Labute approximate surface area is 180 Å². The van der Waals surface area contributed by atoms with E-state index in [0.717, 1.165) is 38.3 Å². The maximum Gasteiger partial charge on any atom is 0.256 e. The van der Waals surface area contributed by atoms with E-state index in [9.17, 15) is 13.2 Å². The number of aryl methyl sites for hydroxylation is 1. The first-order chi connectivity index (χ1) is 14.3. The number of nitrogens with zero attached hydrogens (tertiary/aromatic N) is 3. The number of hydrogen-bond acceptors (Lipinski definition) is 5. The molecule has 0 saturated heterocycles. The number of thioether (sulfide) groups is 1. The molecule has 9 heteroatoms. The lowest BCUT2D eigenvalue weighted by molar-refractivity contribution is 0.102. The third kappa shape index (κ3) is 3.76. The highest BCUT2D eigenvalue weighted by Crippen LogP contribution is 2.36. The molecule has 7 nitrogen and oxygen atoms in total. The summed E-state index contributed by atoms with van der Waals surface area (Å²) in [5, 5.41) is 7.71. The van der Waals surface area contributed by atoms with Crippen LogP contribution in [0.1, 0.15) is 27.2 Å². The van der Waals surface area contributed by atoms with E-state index in [1.54, 1.807) is 16.4 Å². The maximum atomic E-state index is 12.9. The molecule has 0 atom stereocenters. The normalized spacial score (nSPS) is 13.5. The molecule has 30 heavy (non-hydrogen) atoms. The zero-order chi connectivity index (χ0) is 21.5. The number of hydrogen-bond donors (Lipinski definition) is 1. The molecule has 0 saturated carbocycles. The Morgan fingerprint density at radius 2 is 1.87 bits per heavy atom. The first-order valence-electron chi connectivity index (χ1n) is 9.37.